The summed E-state index contributed by atoms with van der Waals surface area (Å²) in [7, 11) is 0. The van der Waals surface area contributed by atoms with Crippen LogP contribution in [0.3, 0.4) is 0 Å². The predicted molar refractivity (Wildman–Crippen MR) is 41.4 cm³/mol. The van der Waals surface area contributed by atoms with Crippen LogP contribution in [0, 0.1) is 0 Å². The van der Waals surface area contributed by atoms with Crippen LogP contribution in [0.4, 0.5) is 22.0 Å². The van der Waals surface area contributed by atoms with Crippen molar-refractivity contribution in [1.29, 1.82) is 0 Å². The molecule has 1 aromatic carbocycles. The summed E-state index contributed by atoms with van der Waals surface area (Å²) in [6, 6.07) is 2.56. The lowest BCUT2D eigenvalue weighted by molar-refractivity contribution is -0.139. The third-order valence-electron chi connectivity index (χ3n) is 1.58. The molecule has 0 aromatic heterocycles. The Morgan fingerprint density at radius 3 is 2.07 bits per heavy atom. The lowest BCUT2D eigenvalue weighted by atomic mass is 10.1. The zero-order valence-corrected chi connectivity index (χ0v) is 7.33. The van der Waals surface area contributed by atoms with Crippen molar-refractivity contribution in [3.63, 3.8) is 0 Å². The molecular formula is C8H4ClF5. The van der Waals surface area contributed by atoms with E-state index in [0.717, 1.165) is 12.1 Å². The van der Waals surface area contributed by atoms with Gasteiger partial charge in [0.2, 0.25) is 0 Å². The molecule has 6 heteroatoms. The average Bonchev–Trinajstić information content (AvgIpc) is 2.01. The maximum atomic E-state index is 12.2. The molecule has 0 saturated carbocycles. The second-order valence-electron chi connectivity index (χ2n) is 2.50. The number of rotatable bonds is 1. The Hall–Kier alpha value is -0.840. The minimum Gasteiger partial charge on any atom is -0.205 e. The van der Waals surface area contributed by atoms with Gasteiger partial charge < -0.3 is 0 Å². The molecule has 0 radical (unpaired) electrons. The van der Waals surface area contributed by atoms with Crippen LogP contribution < -0.4 is 0 Å². The Morgan fingerprint density at radius 2 is 1.71 bits per heavy atom. The largest absolute Gasteiger partial charge is 0.416 e. The Labute approximate surface area is 81.3 Å². The monoisotopic (exact) mass is 230 g/mol. The lowest BCUT2D eigenvalue weighted by Crippen LogP contribution is -2.09. The summed E-state index contributed by atoms with van der Waals surface area (Å²) in [5, 5.41) is -0.574. The molecule has 1 rings (SSSR count). The van der Waals surface area contributed by atoms with E-state index in [-0.39, 0.29) is 0 Å². The first-order valence-electron chi connectivity index (χ1n) is 3.48. The first kappa shape index (κ1) is 11.2. The van der Waals surface area contributed by atoms with Crippen molar-refractivity contribution in [1.82, 2.24) is 0 Å². The van der Waals surface area contributed by atoms with Crippen LogP contribution in [0.5, 0.6) is 0 Å². The summed E-state index contributed by atoms with van der Waals surface area (Å²) in [5.74, 6) is 0. The third kappa shape index (κ3) is 2.15. The third-order valence-corrected chi connectivity index (χ3v) is 1.91. The molecule has 0 unspecified atom stereocenters. The molecule has 0 heterocycles. The van der Waals surface area contributed by atoms with Gasteiger partial charge in [0.25, 0.3) is 6.43 Å². The van der Waals surface area contributed by atoms with Crippen molar-refractivity contribution in [2.24, 2.45) is 0 Å². The average molecular weight is 231 g/mol. The van der Waals surface area contributed by atoms with E-state index in [1.165, 1.54) is 0 Å². The zero-order chi connectivity index (χ0) is 10.9. The van der Waals surface area contributed by atoms with Gasteiger partial charge in [-0.15, -0.1) is 0 Å². The number of hydrogen-bond acceptors (Lipinski definition) is 0. The van der Waals surface area contributed by atoms with E-state index in [2.05, 4.69) is 0 Å². The number of halogens is 6. The molecule has 0 spiro atoms. The van der Waals surface area contributed by atoms with Crippen LogP contribution in [-0.4, -0.2) is 0 Å². The number of benzene rings is 1. The highest BCUT2D eigenvalue weighted by Gasteiger charge is 2.36. The highest BCUT2D eigenvalue weighted by molar-refractivity contribution is 6.31. The number of hydrogen-bond donors (Lipinski definition) is 0. The Balaban J connectivity index is 3.36. The van der Waals surface area contributed by atoms with Gasteiger partial charge in [0.05, 0.1) is 10.6 Å². The molecule has 0 bridgehead atoms. The van der Waals surface area contributed by atoms with Crippen LogP contribution in [0.2, 0.25) is 5.02 Å². The van der Waals surface area contributed by atoms with Gasteiger partial charge in [-0.25, -0.2) is 8.78 Å². The summed E-state index contributed by atoms with van der Waals surface area (Å²) in [4.78, 5) is 0. The second-order valence-corrected chi connectivity index (χ2v) is 2.91. The van der Waals surface area contributed by atoms with E-state index in [9.17, 15) is 22.0 Å². The van der Waals surface area contributed by atoms with E-state index < -0.39 is 28.8 Å². The van der Waals surface area contributed by atoms with Crippen molar-refractivity contribution in [3.8, 4) is 0 Å². The molecule has 0 aliphatic heterocycles. The molecule has 78 valence electrons. The van der Waals surface area contributed by atoms with Crippen LogP contribution in [0.1, 0.15) is 17.6 Å². The second kappa shape index (κ2) is 3.73. The maximum Gasteiger partial charge on any atom is 0.416 e. The van der Waals surface area contributed by atoms with Gasteiger partial charge in [0, 0.05) is 5.56 Å². The van der Waals surface area contributed by atoms with Crippen molar-refractivity contribution in [3.05, 3.63) is 34.3 Å². The molecular weight excluding hydrogens is 227 g/mol. The molecule has 0 N–H and O–H groups in total. The Bertz CT molecular complexity index is 331. The van der Waals surface area contributed by atoms with Crippen LogP contribution in [0.25, 0.3) is 0 Å². The lowest BCUT2D eigenvalue weighted by Gasteiger charge is -2.13. The smallest absolute Gasteiger partial charge is 0.205 e. The van der Waals surface area contributed by atoms with E-state index in [1.807, 2.05) is 0 Å². The van der Waals surface area contributed by atoms with E-state index in [4.69, 9.17) is 11.6 Å². The number of alkyl halides is 5. The predicted octanol–water partition coefficient (Wildman–Crippen LogP) is 4.30. The van der Waals surface area contributed by atoms with E-state index in [1.54, 1.807) is 0 Å². The van der Waals surface area contributed by atoms with E-state index in [0.29, 0.717) is 6.07 Å². The molecule has 0 saturated heterocycles. The first-order valence-corrected chi connectivity index (χ1v) is 3.85. The Kier molecular flexibility index (Phi) is 2.99. The fourth-order valence-corrected chi connectivity index (χ4v) is 1.26. The highest BCUT2D eigenvalue weighted by atomic mass is 35.5. The fourth-order valence-electron chi connectivity index (χ4n) is 1.01. The standard InChI is InChI=1S/C8H4ClF5/c9-5-3-1-2-4(8(12,13)14)6(5)7(10)11/h1-3,7H. The molecule has 0 aliphatic rings. The summed E-state index contributed by atoms with van der Waals surface area (Å²) < 4.78 is 61.1. The van der Waals surface area contributed by atoms with Crippen molar-refractivity contribution in [2.75, 3.05) is 0 Å². The van der Waals surface area contributed by atoms with Gasteiger partial charge in [-0.05, 0) is 12.1 Å². The summed E-state index contributed by atoms with van der Waals surface area (Å²) in [5.41, 5.74) is -2.55. The maximum absolute atomic E-state index is 12.2. The molecule has 0 aliphatic carbocycles. The highest BCUT2D eigenvalue weighted by Crippen LogP contribution is 2.39. The topological polar surface area (TPSA) is 0 Å². The summed E-state index contributed by atoms with van der Waals surface area (Å²) >= 11 is 5.25. The molecule has 0 amide bonds. The summed E-state index contributed by atoms with van der Waals surface area (Å²) in [6.07, 6.45) is -8.04. The zero-order valence-electron chi connectivity index (χ0n) is 6.58. The normalized spacial score (nSPS) is 12.2. The van der Waals surface area contributed by atoms with Crippen LogP contribution in [0.15, 0.2) is 18.2 Å². The van der Waals surface area contributed by atoms with Gasteiger partial charge in [-0.1, -0.05) is 17.7 Å². The first-order chi connectivity index (χ1) is 6.34. The van der Waals surface area contributed by atoms with Crippen LogP contribution >= 0.6 is 11.6 Å². The van der Waals surface area contributed by atoms with Gasteiger partial charge >= 0.3 is 6.18 Å². The molecule has 0 nitrogen and oxygen atoms in total. The van der Waals surface area contributed by atoms with Gasteiger partial charge in [0.1, 0.15) is 0 Å². The van der Waals surface area contributed by atoms with Crippen molar-refractivity contribution in [2.45, 2.75) is 12.6 Å². The van der Waals surface area contributed by atoms with E-state index >= 15 is 0 Å². The van der Waals surface area contributed by atoms with Crippen molar-refractivity contribution < 1.29 is 22.0 Å². The molecule has 1 aromatic rings. The minimum absolute atomic E-state index is 0.574. The van der Waals surface area contributed by atoms with Crippen molar-refractivity contribution >= 4 is 11.6 Å². The fraction of sp³-hybridized carbons (Fsp3) is 0.250. The molecule has 0 atom stereocenters. The molecule has 0 fully saturated rings. The quantitative estimate of drug-likeness (QED) is 0.631. The van der Waals surface area contributed by atoms with Gasteiger partial charge in [-0.2, -0.15) is 13.2 Å². The Morgan fingerprint density at radius 1 is 1.14 bits per heavy atom. The van der Waals surface area contributed by atoms with Gasteiger partial charge in [-0.3, -0.25) is 0 Å². The SMILES string of the molecule is FC(F)c1c(Cl)cccc1C(F)(F)F. The van der Waals surface area contributed by atoms with Gasteiger partial charge in [0.15, 0.2) is 0 Å². The molecule has 14 heavy (non-hydrogen) atoms. The summed E-state index contributed by atoms with van der Waals surface area (Å²) in [6.45, 7) is 0. The van der Waals surface area contributed by atoms with Crippen LogP contribution in [-0.2, 0) is 6.18 Å². The minimum atomic E-state index is -4.81.